The van der Waals surface area contributed by atoms with Gasteiger partial charge in [-0.1, -0.05) is 32.6 Å². The van der Waals surface area contributed by atoms with Crippen LogP contribution in [0.25, 0.3) is 5.70 Å². The molecule has 1 nitrogen and oxygen atoms in total. The van der Waals surface area contributed by atoms with Crippen molar-refractivity contribution in [3.8, 4) is 0 Å². The van der Waals surface area contributed by atoms with Crippen LogP contribution in [-0.4, -0.2) is 7.05 Å². The van der Waals surface area contributed by atoms with Crippen molar-refractivity contribution in [2.45, 2.75) is 20.8 Å². The predicted molar refractivity (Wildman–Crippen MR) is 60.6 cm³/mol. The molecule has 0 radical (unpaired) electrons. The molecule has 1 aromatic rings. The van der Waals surface area contributed by atoms with Crippen LogP contribution in [0.5, 0.6) is 0 Å². The van der Waals surface area contributed by atoms with Crippen molar-refractivity contribution in [1.29, 1.82) is 0 Å². The van der Waals surface area contributed by atoms with Gasteiger partial charge in [0.2, 0.25) is 0 Å². The summed E-state index contributed by atoms with van der Waals surface area (Å²) in [4.78, 5) is 0. The SMILES string of the molecule is C=C(NC)c1c(C)cccc1F.CC. The van der Waals surface area contributed by atoms with Gasteiger partial charge >= 0.3 is 0 Å². The molecule has 0 atom stereocenters. The molecule has 0 heterocycles. The Hall–Kier alpha value is -1.31. The fourth-order valence-electron chi connectivity index (χ4n) is 1.14. The Balaban J connectivity index is 0.000000791. The van der Waals surface area contributed by atoms with Gasteiger partial charge in [-0.05, 0) is 18.6 Å². The molecule has 0 spiro atoms. The average Bonchev–Trinajstić information content (AvgIpc) is 2.20. The first kappa shape index (κ1) is 12.7. The Bertz CT molecular complexity index is 285. The molecule has 0 saturated heterocycles. The smallest absolute Gasteiger partial charge is 0.132 e. The van der Waals surface area contributed by atoms with E-state index in [1.807, 2.05) is 26.8 Å². The molecular formula is C12H18FN. The van der Waals surface area contributed by atoms with E-state index >= 15 is 0 Å². The van der Waals surface area contributed by atoms with Gasteiger partial charge in [-0.3, -0.25) is 0 Å². The van der Waals surface area contributed by atoms with E-state index in [9.17, 15) is 4.39 Å². The summed E-state index contributed by atoms with van der Waals surface area (Å²) in [6.45, 7) is 9.58. The van der Waals surface area contributed by atoms with Crippen LogP contribution >= 0.6 is 0 Å². The quantitative estimate of drug-likeness (QED) is 0.763. The van der Waals surface area contributed by atoms with E-state index in [4.69, 9.17) is 0 Å². The first-order valence-electron chi connectivity index (χ1n) is 4.79. The van der Waals surface area contributed by atoms with Crippen molar-refractivity contribution in [1.82, 2.24) is 5.32 Å². The fourth-order valence-corrected chi connectivity index (χ4v) is 1.14. The zero-order valence-corrected chi connectivity index (χ0v) is 9.32. The van der Waals surface area contributed by atoms with Crippen LogP contribution in [0.15, 0.2) is 24.8 Å². The Morgan fingerprint density at radius 1 is 1.36 bits per heavy atom. The lowest BCUT2D eigenvalue weighted by atomic mass is 10.1. The first-order chi connectivity index (χ1) is 6.66. The molecule has 0 bridgehead atoms. The van der Waals surface area contributed by atoms with Gasteiger partial charge in [-0.25, -0.2) is 4.39 Å². The third kappa shape index (κ3) is 2.87. The highest BCUT2D eigenvalue weighted by Crippen LogP contribution is 2.18. The zero-order valence-electron chi connectivity index (χ0n) is 9.32. The second kappa shape index (κ2) is 6.19. The van der Waals surface area contributed by atoms with Gasteiger partial charge in [0, 0.05) is 18.3 Å². The summed E-state index contributed by atoms with van der Waals surface area (Å²) >= 11 is 0. The second-order valence-corrected chi connectivity index (χ2v) is 2.66. The van der Waals surface area contributed by atoms with Crippen molar-refractivity contribution < 1.29 is 4.39 Å². The molecule has 1 rings (SSSR count). The number of hydrogen-bond acceptors (Lipinski definition) is 1. The van der Waals surface area contributed by atoms with Crippen LogP contribution < -0.4 is 5.32 Å². The zero-order chi connectivity index (χ0) is 11.1. The van der Waals surface area contributed by atoms with Crippen LogP contribution in [0.2, 0.25) is 0 Å². The summed E-state index contributed by atoms with van der Waals surface area (Å²) < 4.78 is 13.2. The lowest BCUT2D eigenvalue weighted by Crippen LogP contribution is -2.06. The van der Waals surface area contributed by atoms with E-state index in [1.165, 1.54) is 6.07 Å². The van der Waals surface area contributed by atoms with E-state index in [1.54, 1.807) is 13.1 Å². The Morgan fingerprint density at radius 2 is 1.93 bits per heavy atom. The van der Waals surface area contributed by atoms with Crippen LogP contribution in [-0.2, 0) is 0 Å². The molecule has 78 valence electrons. The van der Waals surface area contributed by atoms with E-state index in [-0.39, 0.29) is 5.82 Å². The monoisotopic (exact) mass is 195 g/mol. The Morgan fingerprint density at radius 3 is 2.36 bits per heavy atom. The molecule has 14 heavy (non-hydrogen) atoms. The maximum Gasteiger partial charge on any atom is 0.132 e. The molecule has 1 N–H and O–H groups in total. The standard InChI is InChI=1S/C10H12FN.C2H6/c1-7-5-4-6-9(11)10(7)8(2)12-3;1-2/h4-6,12H,2H2,1,3H3;1-2H3. The minimum absolute atomic E-state index is 0.227. The Kier molecular flexibility index (Phi) is 5.61. The van der Waals surface area contributed by atoms with Gasteiger partial charge in [0.25, 0.3) is 0 Å². The summed E-state index contributed by atoms with van der Waals surface area (Å²) in [6, 6.07) is 4.99. The lowest BCUT2D eigenvalue weighted by Gasteiger charge is -2.08. The van der Waals surface area contributed by atoms with Gasteiger partial charge in [-0.2, -0.15) is 0 Å². The highest BCUT2D eigenvalue weighted by Gasteiger charge is 2.06. The number of nitrogens with one attached hydrogen (secondary N) is 1. The molecule has 0 aliphatic carbocycles. The molecule has 0 aliphatic heterocycles. The summed E-state index contributed by atoms with van der Waals surface area (Å²) in [5.74, 6) is -0.227. The summed E-state index contributed by atoms with van der Waals surface area (Å²) in [5.41, 5.74) is 2.08. The molecule has 0 fully saturated rings. The molecule has 0 saturated carbocycles. The summed E-state index contributed by atoms with van der Waals surface area (Å²) in [7, 11) is 1.73. The number of hydrogen-bond donors (Lipinski definition) is 1. The second-order valence-electron chi connectivity index (χ2n) is 2.66. The topological polar surface area (TPSA) is 12.0 Å². The fraction of sp³-hybridized carbons (Fsp3) is 0.333. The number of aryl methyl sites for hydroxylation is 1. The first-order valence-corrected chi connectivity index (χ1v) is 4.79. The third-order valence-electron chi connectivity index (χ3n) is 1.83. The van der Waals surface area contributed by atoms with E-state index < -0.39 is 0 Å². The molecule has 0 unspecified atom stereocenters. The van der Waals surface area contributed by atoms with Gasteiger partial charge in [0.15, 0.2) is 0 Å². The van der Waals surface area contributed by atoms with Gasteiger partial charge in [0.05, 0.1) is 0 Å². The van der Waals surface area contributed by atoms with Crippen LogP contribution in [0.1, 0.15) is 25.0 Å². The minimum Gasteiger partial charge on any atom is -0.388 e. The summed E-state index contributed by atoms with van der Waals surface area (Å²) in [5, 5.41) is 2.83. The van der Waals surface area contributed by atoms with Crippen molar-refractivity contribution in [3.05, 3.63) is 41.7 Å². The Labute approximate surface area is 85.7 Å². The lowest BCUT2D eigenvalue weighted by molar-refractivity contribution is 0.621. The number of benzene rings is 1. The minimum atomic E-state index is -0.227. The van der Waals surface area contributed by atoms with E-state index in [0.717, 1.165) is 5.56 Å². The largest absolute Gasteiger partial charge is 0.388 e. The number of halogens is 1. The average molecular weight is 195 g/mol. The van der Waals surface area contributed by atoms with Crippen molar-refractivity contribution >= 4 is 5.70 Å². The van der Waals surface area contributed by atoms with Crippen molar-refractivity contribution in [2.75, 3.05) is 7.05 Å². The highest BCUT2D eigenvalue weighted by molar-refractivity contribution is 5.64. The highest BCUT2D eigenvalue weighted by atomic mass is 19.1. The molecule has 0 aromatic heterocycles. The van der Waals surface area contributed by atoms with Crippen molar-refractivity contribution in [2.24, 2.45) is 0 Å². The maximum atomic E-state index is 13.2. The van der Waals surface area contributed by atoms with Gasteiger partial charge in [0.1, 0.15) is 5.82 Å². The van der Waals surface area contributed by atoms with E-state index in [0.29, 0.717) is 11.3 Å². The van der Waals surface area contributed by atoms with Gasteiger partial charge in [-0.15, -0.1) is 0 Å². The molecule has 1 aromatic carbocycles. The maximum absolute atomic E-state index is 13.2. The number of rotatable bonds is 2. The van der Waals surface area contributed by atoms with E-state index in [2.05, 4.69) is 11.9 Å². The third-order valence-corrected chi connectivity index (χ3v) is 1.83. The van der Waals surface area contributed by atoms with Crippen LogP contribution in [0, 0.1) is 12.7 Å². The molecule has 0 amide bonds. The van der Waals surface area contributed by atoms with Crippen LogP contribution in [0.3, 0.4) is 0 Å². The van der Waals surface area contributed by atoms with Gasteiger partial charge < -0.3 is 5.32 Å². The predicted octanol–water partition coefficient (Wildman–Crippen LogP) is 3.35. The van der Waals surface area contributed by atoms with Crippen molar-refractivity contribution in [3.63, 3.8) is 0 Å². The summed E-state index contributed by atoms with van der Waals surface area (Å²) in [6.07, 6.45) is 0. The normalized spacial score (nSPS) is 8.64. The molecule has 2 heteroatoms. The molecule has 0 aliphatic rings. The van der Waals surface area contributed by atoms with Crippen LogP contribution in [0.4, 0.5) is 4.39 Å². The molecular weight excluding hydrogens is 177 g/mol.